The summed E-state index contributed by atoms with van der Waals surface area (Å²) >= 11 is 0. The molecule has 0 fully saturated rings. The maximum atomic E-state index is 12.1. The Morgan fingerprint density at radius 1 is 0.938 bits per heavy atom. The van der Waals surface area contributed by atoms with Crippen LogP contribution in [0.4, 0.5) is 4.79 Å². The van der Waals surface area contributed by atoms with Gasteiger partial charge in [-0.1, -0.05) is 42.5 Å². The van der Waals surface area contributed by atoms with Gasteiger partial charge in [0.05, 0.1) is 18.7 Å². The molecule has 2 amide bonds. The Morgan fingerprint density at radius 2 is 1.62 bits per heavy atom. The molecule has 2 aromatic rings. The number of halogens is 1. The molecule has 0 spiro atoms. The quantitative estimate of drug-likeness (QED) is 0.348. The Morgan fingerprint density at radius 3 is 2.28 bits per heavy atom. The van der Waals surface area contributed by atoms with Crippen molar-refractivity contribution in [3.8, 4) is 0 Å². The first-order chi connectivity index (χ1) is 15.0. The van der Waals surface area contributed by atoms with Gasteiger partial charge in [0.15, 0.2) is 0 Å². The fraction of sp³-hybridized carbons (Fsp3) is 0.348. The van der Waals surface area contributed by atoms with Crippen molar-refractivity contribution < 1.29 is 23.9 Å². The maximum absolute atomic E-state index is 12.1. The summed E-state index contributed by atoms with van der Waals surface area (Å²) in [5.41, 5.74) is 8.29. The van der Waals surface area contributed by atoms with E-state index in [2.05, 4.69) is 15.4 Å². The first-order valence-electron chi connectivity index (χ1n) is 10.1. The maximum Gasteiger partial charge on any atom is 0.407 e. The van der Waals surface area contributed by atoms with E-state index in [1.165, 1.54) is 7.11 Å². The van der Waals surface area contributed by atoms with Crippen molar-refractivity contribution in [3.05, 3.63) is 71.3 Å². The molecule has 2 rings (SSSR count). The number of hydrogen-bond donors (Lipinski definition) is 3. The van der Waals surface area contributed by atoms with Gasteiger partial charge in [-0.15, -0.1) is 12.4 Å². The summed E-state index contributed by atoms with van der Waals surface area (Å²) in [5.74, 6) is -0.623. The minimum absolute atomic E-state index is 0. The van der Waals surface area contributed by atoms with Crippen LogP contribution in [0.15, 0.2) is 54.6 Å². The monoisotopic (exact) mass is 463 g/mol. The topological polar surface area (TPSA) is 120 Å². The zero-order valence-corrected chi connectivity index (χ0v) is 18.9. The minimum Gasteiger partial charge on any atom is -0.465 e. The van der Waals surface area contributed by atoms with Gasteiger partial charge in [-0.3, -0.25) is 4.79 Å². The number of methoxy groups -OCH3 is 1. The van der Waals surface area contributed by atoms with Crippen molar-refractivity contribution in [1.82, 2.24) is 10.6 Å². The smallest absolute Gasteiger partial charge is 0.407 e. The standard InChI is InChI=1S/C23H29N3O5.ClH/c1-30-22(28)19-11-9-17(10-12-19)13-15-25-21(27)20(24)8-5-14-26-23(29)31-16-18-6-3-2-4-7-18;/h2-4,6-7,9-12,20H,5,8,13-16,24H2,1H3,(H,25,27)(H,26,29);1H/t20-;/m0./s1. The van der Waals surface area contributed by atoms with E-state index in [4.69, 9.17) is 10.5 Å². The highest BCUT2D eigenvalue weighted by Gasteiger charge is 2.13. The van der Waals surface area contributed by atoms with Crippen molar-refractivity contribution in [2.75, 3.05) is 20.2 Å². The average Bonchev–Trinajstić information content (AvgIpc) is 2.80. The zero-order valence-electron chi connectivity index (χ0n) is 18.0. The van der Waals surface area contributed by atoms with Crippen LogP contribution in [0.1, 0.15) is 34.3 Å². The lowest BCUT2D eigenvalue weighted by Gasteiger charge is -2.13. The lowest BCUT2D eigenvalue weighted by atomic mass is 10.1. The van der Waals surface area contributed by atoms with Gasteiger partial charge >= 0.3 is 12.1 Å². The third kappa shape index (κ3) is 9.80. The third-order valence-corrected chi connectivity index (χ3v) is 4.60. The predicted molar refractivity (Wildman–Crippen MR) is 124 cm³/mol. The summed E-state index contributed by atoms with van der Waals surface area (Å²) in [7, 11) is 1.34. The summed E-state index contributed by atoms with van der Waals surface area (Å²) in [6.45, 7) is 1.02. The second-order valence-corrected chi connectivity index (χ2v) is 6.97. The molecular formula is C23H30ClN3O5. The van der Waals surface area contributed by atoms with Gasteiger partial charge < -0.3 is 25.8 Å². The molecule has 0 aromatic heterocycles. The van der Waals surface area contributed by atoms with Crippen molar-refractivity contribution in [2.24, 2.45) is 5.73 Å². The third-order valence-electron chi connectivity index (χ3n) is 4.60. The van der Waals surface area contributed by atoms with Gasteiger partial charge in [0.25, 0.3) is 0 Å². The highest BCUT2D eigenvalue weighted by atomic mass is 35.5. The molecule has 2 aromatic carbocycles. The highest BCUT2D eigenvalue weighted by molar-refractivity contribution is 5.89. The zero-order chi connectivity index (χ0) is 22.5. The Labute approximate surface area is 194 Å². The van der Waals surface area contributed by atoms with E-state index in [0.29, 0.717) is 37.9 Å². The molecule has 0 aliphatic rings. The van der Waals surface area contributed by atoms with E-state index < -0.39 is 12.1 Å². The molecule has 0 unspecified atom stereocenters. The molecule has 9 heteroatoms. The fourth-order valence-corrected chi connectivity index (χ4v) is 2.80. The molecule has 32 heavy (non-hydrogen) atoms. The molecule has 0 aliphatic carbocycles. The molecule has 4 N–H and O–H groups in total. The number of carbonyl (C=O) groups excluding carboxylic acids is 3. The number of benzene rings is 2. The number of nitrogens with two attached hydrogens (primary N) is 1. The van der Waals surface area contributed by atoms with Crippen LogP contribution in [0.3, 0.4) is 0 Å². The van der Waals surface area contributed by atoms with E-state index in [9.17, 15) is 14.4 Å². The Balaban J connectivity index is 0.00000512. The highest BCUT2D eigenvalue weighted by Crippen LogP contribution is 2.06. The molecule has 0 heterocycles. The summed E-state index contributed by atoms with van der Waals surface area (Å²) in [6, 6.07) is 15.8. The van der Waals surface area contributed by atoms with Crippen LogP contribution in [0.5, 0.6) is 0 Å². The number of amides is 2. The van der Waals surface area contributed by atoms with Crippen molar-refractivity contribution in [3.63, 3.8) is 0 Å². The first kappa shape index (κ1) is 26.9. The van der Waals surface area contributed by atoms with Crippen molar-refractivity contribution >= 4 is 30.4 Å². The van der Waals surface area contributed by atoms with Crippen LogP contribution in [-0.2, 0) is 27.3 Å². The average molecular weight is 464 g/mol. The van der Waals surface area contributed by atoms with Crippen LogP contribution in [0.2, 0.25) is 0 Å². The van der Waals surface area contributed by atoms with Crippen LogP contribution in [0.25, 0.3) is 0 Å². The van der Waals surface area contributed by atoms with Crippen molar-refractivity contribution in [1.29, 1.82) is 0 Å². The summed E-state index contributed by atoms with van der Waals surface area (Å²) < 4.78 is 9.78. The van der Waals surface area contributed by atoms with Crippen LogP contribution in [0, 0.1) is 0 Å². The summed E-state index contributed by atoms with van der Waals surface area (Å²) in [4.78, 5) is 35.2. The summed E-state index contributed by atoms with van der Waals surface area (Å²) in [5, 5.41) is 5.45. The molecule has 0 aliphatic heterocycles. The van der Waals surface area contributed by atoms with Crippen molar-refractivity contribution in [2.45, 2.75) is 31.9 Å². The summed E-state index contributed by atoms with van der Waals surface area (Å²) in [6.07, 6.45) is 1.12. The second-order valence-electron chi connectivity index (χ2n) is 6.97. The number of carbonyl (C=O) groups is 3. The van der Waals surface area contributed by atoms with Gasteiger partial charge in [-0.05, 0) is 42.5 Å². The van der Waals surface area contributed by atoms with Gasteiger partial charge in [0, 0.05) is 13.1 Å². The van der Waals surface area contributed by atoms with Crippen LogP contribution >= 0.6 is 12.4 Å². The number of hydrogen-bond acceptors (Lipinski definition) is 6. The molecular weight excluding hydrogens is 434 g/mol. The lowest BCUT2D eigenvalue weighted by Crippen LogP contribution is -2.41. The molecule has 0 bridgehead atoms. The Bertz CT molecular complexity index is 846. The lowest BCUT2D eigenvalue weighted by molar-refractivity contribution is -0.122. The number of esters is 1. The number of nitrogens with one attached hydrogen (secondary N) is 2. The molecule has 174 valence electrons. The van der Waals surface area contributed by atoms with Gasteiger partial charge in [0.1, 0.15) is 6.61 Å². The van der Waals surface area contributed by atoms with E-state index in [-0.39, 0.29) is 30.9 Å². The molecule has 8 nitrogen and oxygen atoms in total. The van der Waals surface area contributed by atoms with E-state index in [0.717, 1.165) is 11.1 Å². The van der Waals surface area contributed by atoms with Gasteiger partial charge in [0.2, 0.25) is 5.91 Å². The largest absolute Gasteiger partial charge is 0.465 e. The van der Waals surface area contributed by atoms with Gasteiger partial charge in [-0.2, -0.15) is 0 Å². The predicted octanol–water partition coefficient (Wildman–Crippen LogP) is 2.59. The fourth-order valence-electron chi connectivity index (χ4n) is 2.80. The number of alkyl carbamates (subject to hydrolysis) is 1. The van der Waals surface area contributed by atoms with E-state index >= 15 is 0 Å². The number of rotatable bonds is 11. The Kier molecular flexibility index (Phi) is 12.5. The SMILES string of the molecule is COC(=O)c1ccc(CCNC(=O)[C@@H](N)CCCNC(=O)OCc2ccccc2)cc1.Cl. The molecule has 0 radical (unpaired) electrons. The second kappa shape index (κ2) is 14.8. The van der Waals surface area contributed by atoms with E-state index in [1.807, 2.05) is 42.5 Å². The molecule has 1 atom stereocenters. The van der Waals surface area contributed by atoms with E-state index in [1.54, 1.807) is 12.1 Å². The Hall–Kier alpha value is -3.10. The minimum atomic E-state index is -0.649. The first-order valence-corrected chi connectivity index (χ1v) is 10.1. The number of ether oxygens (including phenoxy) is 2. The molecule has 0 saturated carbocycles. The van der Waals surface area contributed by atoms with Crippen LogP contribution in [-0.4, -0.2) is 44.2 Å². The normalized spacial score (nSPS) is 10.9. The van der Waals surface area contributed by atoms with Gasteiger partial charge in [-0.25, -0.2) is 9.59 Å². The van der Waals surface area contributed by atoms with Crippen LogP contribution < -0.4 is 16.4 Å². The molecule has 0 saturated heterocycles.